The van der Waals surface area contributed by atoms with Gasteiger partial charge in [0.15, 0.2) is 0 Å². The van der Waals surface area contributed by atoms with E-state index in [1.165, 1.54) is 0 Å². The fourth-order valence-electron chi connectivity index (χ4n) is 2.14. The molecular weight excluding hydrogens is 192 g/mol. The molecule has 15 heavy (non-hydrogen) atoms. The third kappa shape index (κ3) is 2.69. The Hall–Kier alpha value is -0.610. The summed E-state index contributed by atoms with van der Waals surface area (Å²) in [6, 6.07) is 0.405. The van der Waals surface area contributed by atoms with Crippen LogP contribution in [0.5, 0.6) is 0 Å². The maximum atomic E-state index is 11.5. The summed E-state index contributed by atoms with van der Waals surface area (Å²) in [5, 5.41) is 6.32. The Morgan fingerprint density at radius 3 is 2.53 bits per heavy atom. The molecule has 2 atom stereocenters. The fourth-order valence-corrected chi connectivity index (χ4v) is 2.14. The van der Waals surface area contributed by atoms with E-state index in [1.54, 1.807) is 0 Å². The zero-order valence-corrected chi connectivity index (χ0v) is 9.67. The Bertz CT molecular complexity index is 250. The van der Waals surface area contributed by atoms with Crippen LogP contribution in [-0.4, -0.2) is 37.2 Å². The van der Waals surface area contributed by atoms with Crippen molar-refractivity contribution >= 4 is 5.91 Å². The average molecular weight is 212 g/mol. The van der Waals surface area contributed by atoms with Crippen molar-refractivity contribution < 1.29 is 9.53 Å². The minimum Gasteiger partial charge on any atom is -0.366 e. The van der Waals surface area contributed by atoms with E-state index in [9.17, 15) is 4.79 Å². The van der Waals surface area contributed by atoms with Gasteiger partial charge < -0.3 is 15.4 Å². The number of rotatable bonds is 3. The van der Waals surface area contributed by atoms with Crippen molar-refractivity contribution in [2.45, 2.75) is 32.4 Å². The number of hydrogen-bond donors (Lipinski definition) is 2. The summed E-state index contributed by atoms with van der Waals surface area (Å²) in [4.78, 5) is 11.5. The number of carbonyl (C=O) groups excluding carboxylic acids is 1. The van der Waals surface area contributed by atoms with Crippen LogP contribution in [0.15, 0.2) is 0 Å². The predicted molar refractivity (Wildman–Crippen MR) is 57.5 cm³/mol. The molecule has 4 nitrogen and oxygen atoms in total. The van der Waals surface area contributed by atoms with Crippen LogP contribution in [0.4, 0.5) is 0 Å². The molecule has 1 saturated carbocycles. The lowest BCUT2D eigenvalue weighted by Gasteiger charge is -2.19. The SMILES string of the molecule is CC(C)(C)OCC(=O)NC1C2CNCC21. The number of amides is 1. The van der Waals surface area contributed by atoms with E-state index in [0.717, 1.165) is 13.1 Å². The fraction of sp³-hybridized carbons (Fsp3) is 0.909. The summed E-state index contributed by atoms with van der Waals surface area (Å²) < 4.78 is 5.41. The van der Waals surface area contributed by atoms with Crippen molar-refractivity contribution in [3.63, 3.8) is 0 Å². The molecule has 0 aromatic rings. The zero-order valence-electron chi connectivity index (χ0n) is 9.67. The maximum Gasteiger partial charge on any atom is 0.246 e. The molecule has 2 rings (SSSR count). The molecule has 0 radical (unpaired) electrons. The van der Waals surface area contributed by atoms with Gasteiger partial charge in [-0.05, 0) is 32.6 Å². The summed E-state index contributed by atoms with van der Waals surface area (Å²) in [6.45, 7) is 8.14. The van der Waals surface area contributed by atoms with E-state index >= 15 is 0 Å². The molecule has 1 aliphatic carbocycles. The van der Waals surface area contributed by atoms with Crippen LogP contribution in [0, 0.1) is 11.8 Å². The highest BCUT2D eigenvalue weighted by molar-refractivity contribution is 5.78. The first kappa shape index (κ1) is 10.9. The molecule has 86 valence electrons. The van der Waals surface area contributed by atoms with Gasteiger partial charge in [-0.3, -0.25) is 4.79 Å². The highest BCUT2D eigenvalue weighted by Crippen LogP contribution is 2.41. The van der Waals surface area contributed by atoms with Gasteiger partial charge in [-0.1, -0.05) is 0 Å². The van der Waals surface area contributed by atoms with Gasteiger partial charge in [0, 0.05) is 19.1 Å². The van der Waals surface area contributed by atoms with E-state index in [1.807, 2.05) is 20.8 Å². The summed E-state index contributed by atoms with van der Waals surface area (Å²) in [7, 11) is 0. The number of fused-ring (bicyclic) bond motifs is 1. The molecule has 0 aromatic heterocycles. The Morgan fingerprint density at radius 2 is 2.00 bits per heavy atom. The first-order valence-electron chi connectivity index (χ1n) is 5.61. The predicted octanol–water partition coefficient (Wildman–Crippen LogP) is 0.136. The van der Waals surface area contributed by atoms with Crippen molar-refractivity contribution in [1.29, 1.82) is 0 Å². The van der Waals surface area contributed by atoms with E-state index < -0.39 is 0 Å². The standard InChI is InChI=1S/C11H20N2O2/c1-11(2,3)15-6-9(14)13-10-7-4-12-5-8(7)10/h7-8,10,12H,4-6H2,1-3H3,(H,13,14). The van der Waals surface area contributed by atoms with Crippen molar-refractivity contribution in [2.75, 3.05) is 19.7 Å². The van der Waals surface area contributed by atoms with Crippen molar-refractivity contribution in [3.8, 4) is 0 Å². The molecule has 1 heterocycles. The monoisotopic (exact) mass is 212 g/mol. The molecule has 1 saturated heterocycles. The van der Waals surface area contributed by atoms with Crippen LogP contribution >= 0.6 is 0 Å². The van der Waals surface area contributed by atoms with Gasteiger partial charge >= 0.3 is 0 Å². The molecule has 0 aromatic carbocycles. The Labute approximate surface area is 90.8 Å². The van der Waals surface area contributed by atoms with E-state index in [2.05, 4.69) is 10.6 Å². The van der Waals surface area contributed by atoms with Crippen LogP contribution in [0.25, 0.3) is 0 Å². The van der Waals surface area contributed by atoms with E-state index in [-0.39, 0.29) is 18.1 Å². The maximum absolute atomic E-state index is 11.5. The second kappa shape index (κ2) is 3.76. The third-order valence-electron chi connectivity index (χ3n) is 3.06. The molecule has 2 aliphatic rings. The molecule has 2 unspecified atom stereocenters. The summed E-state index contributed by atoms with van der Waals surface area (Å²) in [6.07, 6.45) is 0. The lowest BCUT2D eigenvalue weighted by Crippen LogP contribution is -2.36. The zero-order chi connectivity index (χ0) is 11.1. The Balaban J connectivity index is 1.66. The van der Waals surface area contributed by atoms with Crippen LogP contribution in [-0.2, 0) is 9.53 Å². The van der Waals surface area contributed by atoms with Crippen LogP contribution in [0.2, 0.25) is 0 Å². The first-order chi connectivity index (χ1) is 6.97. The van der Waals surface area contributed by atoms with Gasteiger partial charge in [-0.25, -0.2) is 0 Å². The summed E-state index contributed by atoms with van der Waals surface area (Å²) >= 11 is 0. The number of ether oxygens (including phenoxy) is 1. The first-order valence-corrected chi connectivity index (χ1v) is 5.61. The molecule has 2 fully saturated rings. The minimum atomic E-state index is -0.238. The van der Waals surface area contributed by atoms with E-state index in [0.29, 0.717) is 17.9 Å². The van der Waals surface area contributed by atoms with Crippen LogP contribution < -0.4 is 10.6 Å². The van der Waals surface area contributed by atoms with Gasteiger partial charge in [-0.2, -0.15) is 0 Å². The molecule has 0 bridgehead atoms. The molecular formula is C11H20N2O2. The van der Waals surface area contributed by atoms with Crippen LogP contribution in [0.1, 0.15) is 20.8 Å². The highest BCUT2D eigenvalue weighted by atomic mass is 16.5. The Kier molecular flexibility index (Phi) is 2.73. The number of nitrogens with one attached hydrogen (secondary N) is 2. The largest absolute Gasteiger partial charge is 0.366 e. The number of piperidine rings is 1. The molecule has 4 heteroatoms. The molecule has 1 aliphatic heterocycles. The number of hydrogen-bond acceptors (Lipinski definition) is 3. The highest BCUT2D eigenvalue weighted by Gasteiger charge is 2.53. The normalized spacial score (nSPS) is 33.7. The van der Waals surface area contributed by atoms with Crippen molar-refractivity contribution in [2.24, 2.45) is 11.8 Å². The van der Waals surface area contributed by atoms with Gasteiger partial charge in [0.05, 0.1) is 5.60 Å². The third-order valence-corrected chi connectivity index (χ3v) is 3.06. The van der Waals surface area contributed by atoms with Gasteiger partial charge in [0.1, 0.15) is 6.61 Å². The summed E-state index contributed by atoms with van der Waals surface area (Å²) in [5.74, 6) is 1.36. The topological polar surface area (TPSA) is 50.4 Å². The number of carbonyl (C=O) groups is 1. The molecule has 0 spiro atoms. The minimum absolute atomic E-state index is 0.0179. The smallest absolute Gasteiger partial charge is 0.246 e. The second-order valence-corrected chi connectivity index (χ2v) is 5.48. The molecule has 1 amide bonds. The average Bonchev–Trinajstić information content (AvgIpc) is 2.62. The lowest BCUT2D eigenvalue weighted by atomic mass is 10.2. The quantitative estimate of drug-likeness (QED) is 0.699. The van der Waals surface area contributed by atoms with E-state index in [4.69, 9.17) is 4.74 Å². The van der Waals surface area contributed by atoms with Gasteiger partial charge in [0.2, 0.25) is 5.91 Å². The molecule has 2 N–H and O–H groups in total. The van der Waals surface area contributed by atoms with Crippen molar-refractivity contribution in [1.82, 2.24) is 10.6 Å². The van der Waals surface area contributed by atoms with Gasteiger partial charge in [-0.15, -0.1) is 0 Å². The summed E-state index contributed by atoms with van der Waals surface area (Å²) in [5.41, 5.74) is -0.238. The van der Waals surface area contributed by atoms with Crippen molar-refractivity contribution in [3.05, 3.63) is 0 Å². The Morgan fingerprint density at radius 1 is 1.40 bits per heavy atom. The van der Waals surface area contributed by atoms with Crippen LogP contribution in [0.3, 0.4) is 0 Å². The van der Waals surface area contributed by atoms with Gasteiger partial charge in [0.25, 0.3) is 0 Å². The second-order valence-electron chi connectivity index (χ2n) is 5.48. The lowest BCUT2D eigenvalue weighted by molar-refractivity contribution is -0.130.